The maximum Gasteiger partial charge on any atom is 0.328 e. The van der Waals surface area contributed by atoms with E-state index in [0.717, 1.165) is 12.8 Å². The molecule has 0 bridgehead atoms. The molecule has 0 spiro atoms. The van der Waals surface area contributed by atoms with Gasteiger partial charge in [0.1, 0.15) is 6.04 Å². The molecule has 0 aromatic carbocycles. The summed E-state index contributed by atoms with van der Waals surface area (Å²) in [5.41, 5.74) is 0. The molecule has 18 heavy (non-hydrogen) atoms. The van der Waals surface area contributed by atoms with Gasteiger partial charge in [0, 0.05) is 12.8 Å². The Morgan fingerprint density at radius 1 is 1.22 bits per heavy atom. The van der Waals surface area contributed by atoms with Crippen molar-refractivity contribution in [3.8, 4) is 0 Å². The van der Waals surface area contributed by atoms with E-state index in [1.54, 1.807) is 0 Å². The second-order valence-electron chi connectivity index (χ2n) is 4.95. The second-order valence-corrected chi connectivity index (χ2v) is 4.95. The Bertz CT molecular complexity index is 266. The van der Waals surface area contributed by atoms with Crippen molar-refractivity contribution in [2.75, 3.05) is 6.61 Å². The van der Waals surface area contributed by atoms with E-state index in [1.165, 1.54) is 32.1 Å². The molecule has 0 aromatic rings. The van der Waals surface area contributed by atoms with Crippen molar-refractivity contribution in [1.82, 2.24) is 5.32 Å². The lowest BCUT2D eigenvalue weighted by atomic mass is 10.1. The van der Waals surface area contributed by atoms with Crippen molar-refractivity contribution in [1.29, 1.82) is 0 Å². The van der Waals surface area contributed by atoms with E-state index >= 15 is 0 Å². The lowest BCUT2D eigenvalue weighted by molar-refractivity contribution is -0.141. The zero-order valence-corrected chi connectivity index (χ0v) is 11.4. The molecule has 1 aliphatic heterocycles. The summed E-state index contributed by atoms with van der Waals surface area (Å²) < 4.78 is 4.79. The highest BCUT2D eigenvalue weighted by Gasteiger charge is 2.27. The third-order valence-electron chi connectivity index (χ3n) is 3.28. The van der Waals surface area contributed by atoms with Crippen LogP contribution in [0, 0.1) is 0 Å². The number of cyclic esters (lactones) is 1. The molecule has 0 saturated carbocycles. The minimum Gasteiger partial charge on any atom is -0.464 e. The molecule has 1 unspecified atom stereocenters. The highest BCUT2D eigenvalue weighted by molar-refractivity contribution is 5.85. The summed E-state index contributed by atoms with van der Waals surface area (Å²) in [5.74, 6) is -0.310. The molecule has 1 rings (SSSR count). The monoisotopic (exact) mass is 255 g/mol. The Kier molecular flexibility index (Phi) is 7.46. The molecule has 0 radical (unpaired) electrons. The number of esters is 1. The SMILES string of the molecule is CCCCCCCCCC(=O)NC1CCOC1=O. The average Bonchev–Trinajstić information content (AvgIpc) is 2.74. The summed E-state index contributed by atoms with van der Waals surface area (Å²) >= 11 is 0. The van der Waals surface area contributed by atoms with Crippen LogP contribution >= 0.6 is 0 Å². The van der Waals surface area contributed by atoms with Crippen LogP contribution in [0.4, 0.5) is 0 Å². The van der Waals surface area contributed by atoms with Gasteiger partial charge in [-0.3, -0.25) is 4.79 Å². The van der Waals surface area contributed by atoms with Gasteiger partial charge in [0.25, 0.3) is 0 Å². The van der Waals surface area contributed by atoms with Gasteiger partial charge in [0.2, 0.25) is 5.91 Å². The summed E-state index contributed by atoms with van der Waals surface area (Å²) in [6, 6.07) is -0.401. The first-order valence-electron chi connectivity index (χ1n) is 7.20. The molecule has 1 fully saturated rings. The lowest BCUT2D eigenvalue weighted by Gasteiger charge is -2.08. The number of hydrogen-bond acceptors (Lipinski definition) is 3. The summed E-state index contributed by atoms with van der Waals surface area (Å²) in [6.45, 7) is 2.64. The maximum atomic E-state index is 11.6. The molecule has 0 aliphatic carbocycles. The molecule has 1 heterocycles. The summed E-state index contributed by atoms with van der Waals surface area (Å²) in [5, 5.41) is 2.73. The number of hydrogen-bond donors (Lipinski definition) is 1. The first-order valence-corrected chi connectivity index (χ1v) is 7.20. The van der Waals surface area contributed by atoms with E-state index in [9.17, 15) is 9.59 Å². The fourth-order valence-electron chi connectivity index (χ4n) is 2.14. The molecule has 1 amide bonds. The maximum absolute atomic E-state index is 11.6. The Morgan fingerprint density at radius 3 is 2.50 bits per heavy atom. The lowest BCUT2D eigenvalue weighted by Crippen LogP contribution is -2.37. The Balaban J connectivity index is 1.95. The van der Waals surface area contributed by atoms with Crippen LogP contribution in [0.2, 0.25) is 0 Å². The van der Waals surface area contributed by atoms with Crippen LogP contribution in [0.3, 0.4) is 0 Å². The smallest absolute Gasteiger partial charge is 0.328 e. The van der Waals surface area contributed by atoms with Crippen molar-refractivity contribution in [3.05, 3.63) is 0 Å². The molecule has 1 saturated heterocycles. The van der Waals surface area contributed by atoms with E-state index in [0.29, 0.717) is 19.4 Å². The van der Waals surface area contributed by atoms with Crippen LogP contribution in [0.5, 0.6) is 0 Å². The number of ether oxygens (including phenoxy) is 1. The summed E-state index contributed by atoms with van der Waals surface area (Å²) in [6.07, 6.45) is 9.51. The highest BCUT2D eigenvalue weighted by atomic mass is 16.5. The van der Waals surface area contributed by atoms with Gasteiger partial charge >= 0.3 is 5.97 Å². The number of amides is 1. The zero-order chi connectivity index (χ0) is 13.2. The van der Waals surface area contributed by atoms with E-state index in [4.69, 9.17) is 4.74 Å². The molecule has 1 atom stereocenters. The molecule has 4 heteroatoms. The van der Waals surface area contributed by atoms with Crippen molar-refractivity contribution in [2.24, 2.45) is 0 Å². The minimum absolute atomic E-state index is 0.0209. The fourth-order valence-corrected chi connectivity index (χ4v) is 2.14. The number of rotatable bonds is 9. The summed E-state index contributed by atoms with van der Waals surface area (Å²) in [4.78, 5) is 22.7. The van der Waals surface area contributed by atoms with E-state index < -0.39 is 6.04 Å². The van der Waals surface area contributed by atoms with E-state index in [-0.39, 0.29) is 11.9 Å². The fraction of sp³-hybridized carbons (Fsp3) is 0.857. The van der Waals surface area contributed by atoms with Crippen LogP contribution in [0.1, 0.15) is 64.7 Å². The van der Waals surface area contributed by atoms with Crippen molar-refractivity contribution >= 4 is 11.9 Å². The summed E-state index contributed by atoms with van der Waals surface area (Å²) in [7, 11) is 0. The van der Waals surface area contributed by atoms with Gasteiger partial charge in [-0.1, -0.05) is 45.4 Å². The van der Waals surface area contributed by atoms with Gasteiger partial charge in [0.05, 0.1) is 6.61 Å². The van der Waals surface area contributed by atoms with Crippen LogP contribution in [0.25, 0.3) is 0 Å². The number of nitrogens with one attached hydrogen (secondary N) is 1. The molecule has 4 nitrogen and oxygen atoms in total. The molecule has 1 N–H and O–H groups in total. The Hall–Kier alpha value is -1.06. The van der Waals surface area contributed by atoms with Crippen molar-refractivity contribution in [3.63, 3.8) is 0 Å². The van der Waals surface area contributed by atoms with Crippen LogP contribution in [-0.4, -0.2) is 24.5 Å². The molecular weight excluding hydrogens is 230 g/mol. The third-order valence-corrected chi connectivity index (χ3v) is 3.28. The first kappa shape index (κ1) is 15.0. The van der Waals surface area contributed by atoms with Crippen LogP contribution in [0.15, 0.2) is 0 Å². The molecule has 1 aliphatic rings. The minimum atomic E-state index is -0.401. The third kappa shape index (κ3) is 6.03. The van der Waals surface area contributed by atoms with Gasteiger partial charge in [-0.25, -0.2) is 4.79 Å². The van der Waals surface area contributed by atoms with Gasteiger partial charge in [-0.15, -0.1) is 0 Å². The first-order chi connectivity index (χ1) is 8.74. The molecule has 104 valence electrons. The van der Waals surface area contributed by atoms with Gasteiger partial charge in [-0.2, -0.15) is 0 Å². The predicted molar refractivity (Wildman–Crippen MR) is 70.1 cm³/mol. The largest absolute Gasteiger partial charge is 0.464 e. The van der Waals surface area contributed by atoms with Crippen LogP contribution < -0.4 is 5.32 Å². The Morgan fingerprint density at radius 2 is 1.89 bits per heavy atom. The molecule has 0 aromatic heterocycles. The van der Waals surface area contributed by atoms with Gasteiger partial charge < -0.3 is 10.1 Å². The molecular formula is C14H25NO3. The second kappa shape index (κ2) is 8.95. The van der Waals surface area contributed by atoms with E-state index in [2.05, 4.69) is 12.2 Å². The number of carbonyl (C=O) groups excluding carboxylic acids is 2. The van der Waals surface area contributed by atoms with E-state index in [1.807, 2.05) is 0 Å². The Labute approximate surface area is 109 Å². The van der Waals surface area contributed by atoms with Gasteiger partial charge in [-0.05, 0) is 6.42 Å². The average molecular weight is 255 g/mol. The van der Waals surface area contributed by atoms with Crippen LogP contribution in [-0.2, 0) is 14.3 Å². The van der Waals surface area contributed by atoms with Crippen molar-refractivity contribution < 1.29 is 14.3 Å². The highest BCUT2D eigenvalue weighted by Crippen LogP contribution is 2.09. The number of unbranched alkanes of at least 4 members (excludes halogenated alkanes) is 6. The predicted octanol–water partition coefficient (Wildman–Crippen LogP) is 2.56. The van der Waals surface area contributed by atoms with Crippen molar-refractivity contribution in [2.45, 2.75) is 70.8 Å². The standard InChI is InChI=1S/C14H25NO3/c1-2-3-4-5-6-7-8-9-13(16)15-12-10-11-18-14(12)17/h12H,2-11H2,1H3,(H,15,16). The normalized spacial score (nSPS) is 18.7. The van der Waals surface area contributed by atoms with Gasteiger partial charge in [0.15, 0.2) is 0 Å². The number of carbonyl (C=O) groups is 2. The topological polar surface area (TPSA) is 55.4 Å². The quantitative estimate of drug-likeness (QED) is 0.509. The zero-order valence-electron chi connectivity index (χ0n) is 11.4.